The van der Waals surface area contributed by atoms with Crippen LogP contribution in [-0.2, 0) is 0 Å². The molecule has 1 N–H and O–H groups in total. The van der Waals surface area contributed by atoms with Gasteiger partial charge in [-0.2, -0.15) is 0 Å². The number of hydrogen-bond acceptors (Lipinski definition) is 4. The minimum atomic E-state index is -0.0294. The third-order valence-corrected chi connectivity index (χ3v) is 7.72. The van der Waals surface area contributed by atoms with Crippen LogP contribution in [0.4, 0.5) is 0 Å². The predicted octanol–water partition coefficient (Wildman–Crippen LogP) is 9.54. The summed E-state index contributed by atoms with van der Waals surface area (Å²) in [5.41, 5.74) is 10.1. The molecule has 0 radical (unpaired) electrons. The summed E-state index contributed by atoms with van der Waals surface area (Å²) in [4.78, 5) is 0. The highest BCUT2D eigenvalue weighted by molar-refractivity contribution is 5.63. The van der Waals surface area contributed by atoms with Gasteiger partial charge >= 0.3 is 0 Å². The quantitative estimate of drug-likeness (QED) is 0.289. The maximum absolute atomic E-state index is 11.0. The molecule has 4 aromatic rings. The molecule has 4 heteroatoms. The SMILES string of the molecule is Cc1ccc(Oc2ccc(O)c(Oc3ccc(C)c(C)c3C)c2Oc2ccc(C)c(C)c2C)c(C)c1C. The molecule has 4 rings (SSSR count). The molecular formula is C33H36O4. The highest BCUT2D eigenvalue weighted by Crippen LogP contribution is 2.50. The van der Waals surface area contributed by atoms with Gasteiger partial charge in [-0.05, 0) is 143 Å². The average molecular weight is 497 g/mol. The van der Waals surface area contributed by atoms with Crippen LogP contribution in [0.15, 0.2) is 48.5 Å². The van der Waals surface area contributed by atoms with Crippen molar-refractivity contribution in [3.05, 3.63) is 98.6 Å². The summed E-state index contributed by atoms with van der Waals surface area (Å²) >= 11 is 0. The lowest BCUT2D eigenvalue weighted by Gasteiger charge is -2.21. The van der Waals surface area contributed by atoms with Crippen LogP contribution in [0.25, 0.3) is 0 Å². The van der Waals surface area contributed by atoms with Crippen molar-refractivity contribution in [2.75, 3.05) is 0 Å². The fourth-order valence-corrected chi connectivity index (χ4v) is 4.27. The van der Waals surface area contributed by atoms with E-state index in [2.05, 4.69) is 41.5 Å². The first-order chi connectivity index (χ1) is 17.5. The normalized spacial score (nSPS) is 10.9. The Morgan fingerprint density at radius 2 is 0.730 bits per heavy atom. The molecule has 0 aliphatic carbocycles. The van der Waals surface area contributed by atoms with Crippen molar-refractivity contribution in [2.45, 2.75) is 62.3 Å². The maximum Gasteiger partial charge on any atom is 0.216 e. The third kappa shape index (κ3) is 5.01. The smallest absolute Gasteiger partial charge is 0.216 e. The van der Waals surface area contributed by atoms with E-state index in [1.165, 1.54) is 22.3 Å². The Morgan fingerprint density at radius 1 is 0.378 bits per heavy atom. The summed E-state index contributed by atoms with van der Waals surface area (Å²) in [5, 5.41) is 11.0. The molecule has 0 bridgehead atoms. The van der Waals surface area contributed by atoms with Crippen LogP contribution in [0.3, 0.4) is 0 Å². The van der Waals surface area contributed by atoms with E-state index in [1.54, 1.807) is 12.1 Å². The molecule has 0 spiro atoms. The Kier molecular flexibility index (Phi) is 7.22. The van der Waals surface area contributed by atoms with Crippen molar-refractivity contribution in [2.24, 2.45) is 0 Å². The minimum Gasteiger partial charge on any atom is -0.504 e. The van der Waals surface area contributed by atoms with Gasteiger partial charge in [0.1, 0.15) is 17.2 Å². The maximum atomic E-state index is 11.0. The molecule has 0 heterocycles. The van der Waals surface area contributed by atoms with E-state index in [9.17, 15) is 5.11 Å². The van der Waals surface area contributed by atoms with Crippen molar-refractivity contribution in [3.63, 3.8) is 0 Å². The second-order valence-corrected chi connectivity index (χ2v) is 9.94. The molecule has 4 nitrogen and oxygen atoms in total. The molecule has 0 fully saturated rings. The van der Waals surface area contributed by atoms with Gasteiger partial charge in [0.2, 0.25) is 11.5 Å². The second kappa shape index (κ2) is 10.2. The standard InChI is InChI=1S/C33H36O4/c1-18-10-14-28(24(7)21(18)4)35-31-17-13-27(34)32(36-29-15-11-19(2)22(5)25(29)8)33(31)37-30-16-12-20(3)23(6)26(30)9/h10-17,34H,1-9H3. The first-order valence-corrected chi connectivity index (χ1v) is 12.6. The molecule has 0 aromatic heterocycles. The number of aromatic hydroxyl groups is 1. The Bertz CT molecular complexity index is 1500. The fraction of sp³-hybridized carbons (Fsp3) is 0.273. The van der Waals surface area contributed by atoms with E-state index in [1.807, 2.05) is 57.2 Å². The monoisotopic (exact) mass is 496 g/mol. The number of rotatable bonds is 6. The Hall–Kier alpha value is -3.92. The number of benzene rings is 4. The zero-order chi connectivity index (χ0) is 27.0. The molecule has 37 heavy (non-hydrogen) atoms. The van der Waals surface area contributed by atoms with E-state index >= 15 is 0 Å². The molecule has 4 aromatic carbocycles. The van der Waals surface area contributed by atoms with Crippen LogP contribution in [-0.4, -0.2) is 5.11 Å². The van der Waals surface area contributed by atoms with E-state index in [-0.39, 0.29) is 11.5 Å². The minimum absolute atomic E-state index is 0.0294. The lowest BCUT2D eigenvalue weighted by Crippen LogP contribution is -2.00. The van der Waals surface area contributed by atoms with Crippen LogP contribution in [0.2, 0.25) is 0 Å². The van der Waals surface area contributed by atoms with Crippen LogP contribution in [0, 0.1) is 62.3 Å². The summed E-state index contributed by atoms with van der Waals surface area (Å²) < 4.78 is 19.3. The Labute approximate surface area is 220 Å². The van der Waals surface area contributed by atoms with Gasteiger partial charge in [0, 0.05) is 0 Å². The molecule has 0 amide bonds. The van der Waals surface area contributed by atoms with Crippen LogP contribution in [0.1, 0.15) is 50.1 Å². The van der Waals surface area contributed by atoms with Gasteiger partial charge in [0.05, 0.1) is 0 Å². The van der Waals surface area contributed by atoms with Gasteiger partial charge in [-0.25, -0.2) is 0 Å². The molecule has 0 aliphatic rings. The van der Waals surface area contributed by atoms with Gasteiger partial charge in [0.15, 0.2) is 11.5 Å². The lowest BCUT2D eigenvalue weighted by atomic mass is 10.0. The summed E-state index contributed by atoms with van der Waals surface area (Å²) in [6, 6.07) is 15.2. The van der Waals surface area contributed by atoms with E-state index in [4.69, 9.17) is 14.2 Å². The van der Waals surface area contributed by atoms with Crippen molar-refractivity contribution in [3.8, 4) is 40.2 Å². The topological polar surface area (TPSA) is 47.9 Å². The number of ether oxygens (including phenoxy) is 3. The largest absolute Gasteiger partial charge is 0.504 e. The number of hydrogen-bond donors (Lipinski definition) is 1. The van der Waals surface area contributed by atoms with Gasteiger partial charge in [-0.1, -0.05) is 18.2 Å². The van der Waals surface area contributed by atoms with Crippen LogP contribution >= 0.6 is 0 Å². The molecule has 0 aliphatic heterocycles. The second-order valence-electron chi connectivity index (χ2n) is 9.94. The zero-order valence-corrected chi connectivity index (χ0v) is 23.3. The van der Waals surface area contributed by atoms with Crippen LogP contribution in [0.5, 0.6) is 40.2 Å². The zero-order valence-electron chi connectivity index (χ0n) is 23.3. The summed E-state index contributed by atoms with van der Waals surface area (Å²) in [6.07, 6.45) is 0. The fourth-order valence-electron chi connectivity index (χ4n) is 4.27. The Balaban J connectivity index is 1.89. The van der Waals surface area contributed by atoms with Gasteiger partial charge < -0.3 is 19.3 Å². The molecule has 192 valence electrons. The highest BCUT2D eigenvalue weighted by Gasteiger charge is 2.23. The van der Waals surface area contributed by atoms with Crippen LogP contribution < -0.4 is 14.2 Å². The number of aryl methyl sites for hydroxylation is 3. The first kappa shape index (κ1) is 26.2. The molecule has 0 saturated carbocycles. The summed E-state index contributed by atoms with van der Waals surface area (Å²) in [5.74, 6) is 3.02. The first-order valence-electron chi connectivity index (χ1n) is 12.6. The van der Waals surface area contributed by atoms with Crippen molar-refractivity contribution >= 4 is 0 Å². The third-order valence-electron chi connectivity index (χ3n) is 7.72. The van der Waals surface area contributed by atoms with Crippen molar-refractivity contribution in [1.29, 1.82) is 0 Å². The summed E-state index contributed by atoms with van der Waals surface area (Å²) in [7, 11) is 0. The molecule has 0 saturated heterocycles. The predicted molar refractivity (Wildman–Crippen MR) is 150 cm³/mol. The van der Waals surface area contributed by atoms with Gasteiger partial charge in [-0.3, -0.25) is 0 Å². The van der Waals surface area contributed by atoms with E-state index in [0.717, 1.165) is 33.6 Å². The van der Waals surface area contributed by atoms with E-state index in [0.29, 0.717) is 23.0 Å². The highest BCUT2D eigenvalue weighted by atomic mass is 16.5. The molecular weight excluding hydrogens is 460 g/mol. The molecule has 0 atom stereocenters. The van der Waals surface area contributed by atoms with Gasteiger partial charge in [0.25, 0.3) is 0 Å². The van der Waals surface area contributed by atoms with E-state index < -0.39 is 0 Å². The number of phenolic OH excluding ortho intramolecular Hbond substituents is 1. The average Bonchev–Trinajstić information content (AvgIpc) is 2.87. The lowest BCUT2D eigenvalue weighted by molar-refractivity contribution is 0.360. The number of phenols is 1. The van der Waals surface area contributed by atoms with Crippen molar-refractivity contribution < 1.29 is 19.3 Å². The molecule has 0 unspecified atom stereocenters. The Morgan fingerprint density at radius 3 is 1.16 bits per heavy atom. The van der Waals surface area contributed by atoms with Crippen molar-refractivity contribution in [1.82, 2.24) is 0 Å². The van der Waals surface area contributed by atoms with Gasteiger partial charge in [-0.15, -0.1) is 0 Å². The summed E-state index contributed by atoms with van der Waals surface area (Å²) in [6.45, 7) is 18.5.